The van der Waals surface area contributed by atoms with Gasteiger partial charge in [0, 0.05) is 39.5 Å². The molecular formula is C23H34F3N3O5. The zero-order valence-electron chi connectivity index (χ0n) is 19.8. The van der Waals surface area contributed by atoms with Crippen molar-refractivity contribution >= 4 is 11.9 Å². The number of rotatable bonds is 7. The second kappa shape index (κ2) is 11.1. The summed E-state index contributed by atoms with van der Waals surface area (Å²) in [6.45, 7) is 8.87. The fourth-order valence-corrected chi connectivity index (χ4v) is 4.71. The molecule has 2 saturated heterocycles. The minimum absolute atomic E-state index is 0.0410. The maximum absolute atomic E-state index is 13.0. The Morgan fingerprint density at radius 1 is 1.26 bits per heavy atom. The van der Waals surface area contributed by atoms with Gasteiger partial charge in [-0.15, -0.1) is 0 Å². The number of hydrogen-bond donors (Lipinski definition) is 1. The zero-order valence-corrected chi connectivity index (χ0v) is 19.8. The van der Waals surface area contributed by atoms with E-state index in [0.717, 1.165) is 76.8 Å². The summed E-state index contributed by atoms with van der Waals surface area (Å²) in [5.74, 6) is -1.26. The molecule has 11 heteroatoms. The third-order valence-electron chi connectivity index (χ3n) is 6.82. The Hall–Kier alpha value is -2.14. The maximum atomic E-state index is 13.0. The summed E-state index contributed by atoms with van der Waals surface area (Å²) >= 11 is 0. The molecule has 0 bridgehead atoms. The van der Waals surface area contributed by atoms with Crippen molar-refractivity contribution in [2.45, 2.75) is 70.7 Å². The highest BCUT2D eigenvalue weighted by Gasteiger charge is 2.46. The molecule has 1 aromatic rings. The van der Waals surface area contributed by atoms with E-state index in [2.05, 4.69) is 5.10 Å². The fourth-order valence-electron chi connectivity index (χ4n) is 4.71. The number of ether oxygens (including phenoxy) is 2. The van der Waals surface area contributed by atoms with Crippen LogP contribution in [0.1, 0.15) is 61.6 Å². The Labute approximate surface area is 197 Å². The van der Waals surface area contributed by atoms with E-state index in [1.165, 1.54) is 12.8 Å². The molecule has 192 valence electrons. The SMILES string of the molecule is CCn1nc(C)cc1C(=O)N1CCC2(CC1)OCCC2CCOCC1CC1.O=C(O)C(F)(F)F. The third-order valence-corrected chi connectivity index (χ3v) is 6.82. The van der Waals surface area contributed by atoms with Crippen molar-refractivity contribution in [3.05, 3.63) is 17.5 Å². The van der Waals surface area contributed by atoms with Crippen LogP contribution in [0.3, 0.4) is 0 Å². The van der Waals surface area contributed by atoms with Gasteiger partial charge in [-0.05, 0) is 70.3 Å². The number of piperidine rings is 1. The zero-order chi connectivity index (χ0) is 24.9. The van der Waals surface area contributed by atoms with E-state index >= 15 is 0 Å². The summed E-state index contributed by atoms with van der Waals surface area (Å²) < 4.78 is 45.7. The van der Waals surface area contributed by atoms with Crippen LogP contribution < -0.4 is 0 Å². The lowest BCUT2D eigenvalue weighted by Gasteiger charge is -2.42. The van der Waals surface area contributed by atoms with Crippen molar-refractivity contribution in [3.8, 4) is 0 Å². The second-order valence-electron chi connectivity index (χ2n) is 9.29. The van der Waals surface area contributed by atoms with Gasteiger partial charge in [0.05, 0.1) is 11.3 Å². The minimum atomic E-state index is -5.08. The molecule has 1 amide bonds. The molecule has 3 fully saturated rings. The molecule has 4 rings (SSSR count). The lowest BCUT2D eigenvalue weighted by atomic mass is 9.78. The number of carboxylic acid groups (broad SMARTS) is 1. The van der Waals surface area contributed by atoms with Crippen molar-refractivity contribution in [2.75, 3.05) is 32.9 Å². The van der Waals surface area contributed by atoms with Gasteiger partial charge < -0.3 is 19.5 Å². The summed E-state index contributed by atoms with van der Waals surface area (Å²) in [7, 11) is 0. The van der Waals surface area contributed by atoms with E-state index in [0.29, 0.717) is 11.6 Å². The molecule has 3 heterocycles. The van der Waals surface area contributed by atoms with Crippen LogP contribution in [0, 0.1) is 18.8 Å². The smallest absolute Gasteiger partial charge is 0.475 e. The molecule has 1 atom stereocenters. The summed E-state index contributed by atoms with van der Waals surface area (Å²) in [5.41, 5.74) is 1.57. The predicted octanol–water partition coefficient (Wildman–Crippen LogP) is 3.67. The van der Waals surface area contributed by atoms with Gasteiger partial charge in [0.1, 0.15) is 5.69 Å². The number of carbonyl (C=O) groups excluding carboxylic acids is 1. The van der Waals surface area contributed by atoms with Crippen molar-refractivity contribution < 1.29 is 37.3 Å². The first-order chi connectivity index (χ1) is 16.1. The molecule has 1 spiro atoms. The Balaban J connectivity index is 0.000000406. The Bertz CT molecular complexity index is 845. The van der Waals surface area contributed by atoms with E-state index in [4.69, 9.17) is 19.4 Å². The number of halogens is 3. The molecule has 1 unspecified atom stereocenters. The highest BCUT2D eigenvalue weighted by atomic mass is 19.4. The van der Waals surface area contributed by atoms with Crippen LogP contribution in [-0.2, 0) is 20.8 Å². The number of aromatic nitrogens is 2. The van der Waals surface area contributed by atoms with Crippen LogP contribution >= 0.6 is 0 Å². The molecule has 1 saturated carbocycles. The highest BCUT2D eigenvalue weighted by Crippen LogP contribution is 2.42. The van der Waals surface area contributed by atoms with Crippen LogP contribution in [0.15, 0.2) is 6.07 Å². The number of aryl methyl sites for hydroxylation is 2. The van der Waals surface area contributed by atoms with Gasteiger partial charge in [0.2, 0.25) is 0 Å². The Kier molecular flexibility index (Phi) is 8.62. The largest absolute Gasteiger partial charge is 0.490 e. The van der Waals surface area contributed by atoms with Crippen molar-refractivity contribution in [1.82, 2.24) is 14.7 Å². The van der Waals surface area contributed by atoms with Gasteiger partial charge in [0.15, 0.2) is 0 Å². The lowest BCUT2D eigenvalue weighted by Crippen LogP contribution is -2.49. The fraction of sp³-hybridized carbons (Fsp3) is 0.783. The summed E-state index contributed by atoms with van der Waals surface area (Å²) in [5, 5.41) is 11.5. The topological polar surface area (TPSA) is 93.9 Å². The van der Waals surface area contributed by atoms with Crippen LogP contribution in [0.5, 0.6) is 0 Å². The molecule has 1 aliphatic carbocycles. The molecule has 34 heavy (non-hydrogen) atoms. The van der Waals surface area contributed by atoms with Crippen LogP contribution in [0.2, 0.25) is 0 Å². The van der Waals surface area contributed by atoms with Crippen LogP contribution in [0.25, 0.3) is 0 Å². The average molecular weight is 490 g/mol. The maximum Gasteiger partial charge on any atom is 0.490 e. The molecule has 2 aliphatic heterocycles. The number of amides is 1. The minimum Gasteiger partial charge on any atom is -0.475 e. The van der Waals surface area contributed by atoms with Crippen molar-refractivity contribution in [3.63, 3.8) is 0 Å². The Morgan fingerprint density at radius 2 is 1.91 bits per heavy atom. The van der Waals surface area contributed by atoms with E-state index in [9.17, 15) is 18.0 Å². The highest BCUT2D eigenvalue weighted by molar-refractivity contribution is 5.92. The van der Waals surface area contributed by atoms with E-state index in [1.807, 2.05) is 29.5 Å². The first-order valence-corrected chi connectivity index (χ1v) is 11.9. The van der Waals surface area contributed by atoms with Gasteiger partial charge >= 0.3 is 12.1 Å². The predicted molar refractivity (Wildman–Crippen MR) is 116 cm³/mol. The van der Waals surface area contributed by atoms with Gasteiger partial charge in [-0.3, -0.25) is 9.48 Å². The molecule has 0 aromatic carbocycles. The molecule has 0 radical (unpaired) electrons. The number of carboxylic acids is 1. The van der Waals surface area contributed by atoms with Crippen molar-refractivity contribution in [2.24, 2.45) is 11.8 Å². The summed E-state index contributed by atoms with van der Waals surface area (Å²) in [6.07, 6.45) is 1.69. The van der Waals surface area contributed by atoms with E-state index < -0.39 is 12.1 Å². The lowest BCUT2D eigenvalue weighted by molar-refractivity contribution is -0.192. The van der Waals surface area contributed by atoms with Gasteiger partial charge in [0.25, 0.3) is 5.91 Å². The summed E-state index contributed by atoms with van der Waals surface area (Å²) in [6, 6.07) is 1.91. The summed E-state index contributed by atoms with van der Waals surface area (Å²) in [4.78, 5) is 23.8. The van der Waals surface area contributed by atoms with Crippen molar-refractivity contribution in [1.29, 1.82) is 0 Å². The number of carbonyl (C=O) groups is 2. The van der Waals surface area contributed by atoms with Gasteiger partial charge in [-0.25, -0.2) is 4.79 Å². The van der Waals surface area contributed by atoms with Crippen LogP contribution in [-0.4, -0.2) is 76.4 Å². The molecule has 1 aromatic heterocycles. The average Bonchev–Trinajstić information content (AvgIpc) is 3.43. The first kappa shape index (κ1) is 26.5. The number of likely N-dealkylation sites (tertiary alicyclic amines) is 1. The van der Waals surface area contributed by atoms with Gasteiger partial charge in [-0.2, -0.15) is 18.3 Å². The standard InChI is InChI=1S/C21H33N3O3.C2HF3O2/c1-3-24-19(14-16(2)22-24)20(25)23-10-8-21(9-11-23)18(7-13-27-21)6-12-26-15-17-4-5-17;3-2(4,5)1(6)7/h14,17-18H,3-13,15H2,1-2H3;(H,6,7). The third kappa shape index (κ3) is 6.71. The number of nitrogens with zero attached hydrogens (tertiary/aromatic N) is 3. The quantitative estimate of drug-likeness (QED) is 0.588. The molecule has 8 nitrogen and oxygen atoms in total. The number of alkyl halides is 3. The van der Waals surface area contributed by atoms with Crippen LogP contribution in [0.4, 0.5) is 13.2 Å². The molecule has 3 aliphatic rings. The monoisotopic (exact) mass is 489 g/mol. The van der Waals surface area contributed by atoms with Gasteiger partial charge in [-0.1, -0.05) is 0 Å². The first-order valence-electron chi connectivity index (χ1n) is 11.9. The molecule has 1 N–H and O–H groups in total. The molecular weight excluding hydrogens is 455 g/mol. The Morgan fingerprint density at radius 3 is 2.47 bits per heavy atom. The number of hydrogen-bond acceptors (Lipinski definition) is 5. The normalized spacial score (nSPS) is 21.9. The van der Waals surface area contributed by atoms with E-state index in [1.54, 1.807) is 0 Å². The van der Waals surface area contributed by atoms with E-state index in [-0.39, 0.29) is 11.5 Å². The number of aliphatic carboxylic acids is 1. The second-order valence-corrected chi connectivity index (χ2v) is 9.29.